The van der Waals surface area contributed by atoms with E-state index < -0.39 is 0 Å². The van der Waals surface area contributed by atoms with Gasteiger partial charge in [-0.3, -0.25) is 0 Å². The van der Waals surface area contributed by atoms with E-state index in [1.807, 2.05) is 18.2 Å². The molecule has 0 radical (unpaired) electrons. The Morgan fingerprint density at radius 3 is 2.92 bits per heavy atom. The Bertz CT molecular complexity index is 980. The Morgan fingerprint density at radius 1 is 1.31 bits per heavy atom. The number of anilines is 2. The number of nitrogens with one attached hydrogen (secondary N) is 1. The van der Waals surface area contributed by atoms with Gasteiger partial charge >= 0.3 is 5.97 Å². The summed E-state index contributed by atoms with van der Waals surface area (Å²) in [7, 11) is 5.15. The van der Waals surface area contributed by atoms with Gasteiger partial charge in [0.25, 0.3) is 0 Å². The summed E-state index contributed by atoms with van der Waals surface area (Å²) >= 11 is 3.14. The van der Waals surface area contributed by atoms with Crippen molar-refractivity contribution in [1.29, 1.82) is 0 Å². The number of hydrogen-bond acceptors (Lipinski definition) is 8. The van der Waals surface area contributed by atoms with Crippen molar-refractivity contribution in [2.45, 2.75) is 13.0 Å². The molecule has 136 valence electrons. The normalized spacial score (nSPS) is 14.3. The number of ether oxygens (including phenoxy) is 2. The predicted molar refractivity (Wildman–Crippen MR) is 105 cm³/mol. The Kier molecular flexibility index (Phi) is 4.56. The first-order chi connectivity index (χ1) is 12.6. The minimum Gasteiger partial charge on any atom is -0.494 e. The molecule has 8 heteroatoms. The molecule has 0 aliphatic carbocycles. The molecule has 0 saturated carbocycles. The average Bonchev–Trinajstić information content (AvgIpc) is 3.20. The maximum Gasteiger partial charge on any atom is 0.341 e. The first kappa shape index (κ1) is 17.3. The fourth-order valence-electron chi connectivity index (χ4n) is 3.18. The van der Waals surface area contributed by atoms with E-state index in [1.165, 1.54) is 23.3 Å². The fraction of sp³-hybridized carbons (Fsp3) is 0.333. The summed E-state index contributed by atoms with van der Waals surface area (Å²) in [5.41, 5.74) is 2.57. The second-order valence-corrected chi connectivity index (χ2v) is 8.27. The fourth-order valence-corrected chi connectivity index (χ4v) is 5.44. The van der Waals surface area contributed by atoms with Crippen LogP contribution in [0.25, 0.3) is 10.2 Å². The molecule has 1 aromatic carbocycles. The molecule has 1 aliphatic heterocycles. The van der Waals surface area contributed by atoms with Crippen LogP contribution in [0, 0.1) is 0 Å². The van der Waals surface area contributed by atoms with Crippen molar-refractivity contribution >= 4 is 49.0 Å². The number of aromatic nitrogens is 1. The van der Waals surface area contributed by atoms with Gasteiger partial charge in [0.05, 0.1) is 24.5 Å². The van der Waals surface area contributed by atoms with Crippen LogP contribution in [0.4, 0.5) is 10.1 Å². The lowest BCUT2D eigenvalue weighted by molar-refractivity contribution is 0.0600. The molecule has 0 fully saturated rings. The first-order valence-corrected chi connectivity index (χ1v) is 9.86. The molecular weight excluding hydrogens is 370 g/mol. The van der Waals surface area contributed by atoms with Crippen LogP contribution in [0.3, 0.4) is 0 Å². The number of methoxy groups -OCH3 is 2. The number of carbonyl (C=O) groups is 1. The third kappa shape index (κ3) is 2.94. The Labute approximate surface area is 159 Å². The standard InChI is InChI=1S/C18H19N3O3S2/c1-21-8-7-10-13(9-21)25-16(14(10)17(22)24-3)20-18-19-15-11(23-2)5-4-6-12(15)26-18/h4-6H,7-9H2,1-3H3,(H,19,20). The van der Waals surface area contributed by atoms with Gasteiger partial charge in [0.1, 0.15) is 16.3 Å². The van der Waals surface area contributed by atoms with Crippen molar-refractivity contribution in [3.8, 4) is 5.75 Å². The van der Waals surface area contributed by atoms with E-state index in [0.717, 1.165) is 51.2 Å². The monoisotopic (exact) mass is 389 g/mol. The first-order valence-electron chi connectivity index (χ1n) is 8.22. The molecule has 1 N–H and O–H groups in total. The number of esters is 1. The summed E-state index contributed by atoms with van der Waals surface area (Å²) in [4.78, 5) is 20.5. The number of likely N-dealkylation sites (N-methyl/N-ethyl adjacent to an activating group) is 1. The molecule has 4 rings (SSSR count). The van der Waals surface area contributed by atoms with E-state index in [0.29, 0.717) is 5.56 Å². The molecule has 0 amide bonds. The van der Waals surface area contributed by atoms with Crippen molar-refractivity contribution in [2.24, 2.45) is 0 Å². The van der Waals surface area contributed by atoms with Crippen LogP contribution in [0.5, 0.6) is 5.75 Å². The molecule has 1 aliphatic rings. The number of thiazole rings is 1. The Morgan fingerprint density at radius 2 is 2.15 bits per heavy atom. The topological polar surface area (TPSA) is 63.7 Å². The van der Waals surface area contributed by atoms with E-state index in [4.69, 9.17) is 9.47 Å². The van der Waals surface area contributed by atoms with Gasteiger partial charge in [0.2, 0.25) is 0 Å². The van der Waals surface area contributed by atoms with Crippen molar-refractivity contribution < 1.29 is 14.3 Å². The number of rotatable bonds is 4. The maximum atomic E-state index is 12.4. The summed E-state index contributed by atoms with van der Waals surface area (Å²) < 4.78 is 11.5. The highest BCUT2D eigenvalue weighted by Gasteiger charge is 2.28. The van der Waals surface area contributed by atoms with Gasteiger partial charge in [-0.25, -0.2) is 9.78 Å². The summed E-state index contributed by atoms with van der Waals surface area (Å²) in [6, 6.07) is 5.85. The summed E-state index contributed by atoms with van der Waals surface area (Å²) in [6.45, 7) is 1.78. The minimum absolute atomic E-state index is 0.298. The molecule has 2 aromatic heterocycles. The lowest BCUT2D eigenvalue weighted by Gasteiger charge is -2.22. The lowest BCUT2D eigenvalue weighted by Crippen LogP contribution is -2.26. The third-order valence-electron chi connectivity index (χ3n) is 4.46. The largest absolute Gasteiger partial charge is 0.494 e. The molecule has 0 unspecified atom stereocenters. The Balaban J connectivity index is 1.75. The smallest absolute Gasteiger partial charge is 0.341 e. The van der Waals surface area contributed by atoms with Crippen molar-refractivity contribution in [1.82, 2.24) is 9.88 Å². The number of para-hydroxylation sites is 1. The summed E-state index contributed by atoms with van der Waals surface area (Å²) in [5, 5.41) is 4.89. The Hall–Kier alpha value is -2.16. The zero-order valence-corrected chi connectivity index (χ0v) is 16.4. The second-order valence-electron chi connectivity index (χ2n) is 6.14. The zero-order chi connectivity index (χ0) is 18.3. The highest BCUT2D eigenvalue weighted by molar-refractivity contribution is 7.23. The number of benzene rings is 1. The van der Waals surface area contributed by atoms with Gasteiger partial charge in [-0.2, -0.15) is 0 Å². The van der Waals surface area contributed by atoms with Gasteiger partial charge in [-0.15, -0.1) is 11.3 Å². The molecule has 0 bridgehead atoms. The highest BCUT2D eigenvalue weighted by Crippen LogP contribution is 2.40. The number of carbonyl (C=O) groups excluding carboxylic acids is 1. The van der Waals surface area contributed by atoms with Crippen LogP contribution in [-0.4, -0.2) is 43.7 Å². The van der Waals surface area contributed by atoms with Crippen LogP contribution in [0.15, 0.2) is 18.2 Å². The van der Waals surface area contributed by atoms with Crippen molar-refractivity contribution in [2.75, 3.05) is 33.1 Å². The maximum absolute atomic E-state index is 12.4. The number of thiophene rings is 1. The molecule has 3 aromatic rings. The third-order valence-corrected chi connectivity index (χ3v) is 6.53. The van der Waals surface area contributed by atoms with Crippen LogP contribution >= 0.6 is 22.7 Å². The van der Waals surface area contributed by atoms with E-state index in [1.54, 1.807) is 18.4 Å². The molecule has 0 saturated heterocycles. The molecule has 26 heavy (non-hydrogen) atoms. The quantitative estimate of drug-likeness (QED) is 0.683. The number of fused-ring (bicyclic) bond motifs is 2. The van der Waals surface area contributed by atoms with Gasteiger partial charge in [0.15, 0.2) is 5.13 Å². The predicted octanol–water partition coefficient (Wildman–Crippen LogP) is 3.88. The van der Waals surface area contributed by atoms with Gasteiger partial charge in [0, 0.05) is 18.0 Å². The van der Waals surface area contributed by atoms with Gasteiger partial charge in [-0.05, 0) is 31.2 Å². The van der Waals surface area contributed by atoms with E-state index in [9.17, 15) is 4.79 Å². The highest BCUT2D eigenvalue weighted by atomic mass is 32.1. The molecule has 0 atom stereocenters. The number of hydrogen-bond donors (Lipinski definition) is 1. The summed E-state index contributed by atoms with van der Waals surface area (Å²) in [5.74, 6) is 0.445. The average molecular weight is 390 g/mol. The van der Waals surface area contributed by atoms with Gasteiger partial charge < -0.3 is 19.7 Å². The molecular formula is C18H19N3O3S2. The molecule has 3 heterocycles. The van der Waals surface area contributed by atoms with Crippen LogP contribution in [-0.2, 0) is 17.7 Å². The van der Waals surface area contributed by atoms with E-state index >= 15 is 0 Å². The van der Waals surface area contributed by atoms with E-state index in [-0.39, 0.29) is 5.97 Å². The van der Waals surface area contributed by atoms with Crippen LogP contribution in [0.2, 0.25) is 0 Å². The van der Waals surface area contributed by atoms with Crippen LogP contribution in [0.1, 0.15) is 20.8 Å². The lowest BCUT2D eigenvalue weighted by atomic mass is 10.0. The zero-order valence-electron chi connectivity index (χ0n) is 14.8. The summed E-state index contributed by atoms with van der Waals surface area (Å²) in [6.07, 6.45) is 0.849. The molecule has 6 nitrogen and oxygen atoms in total. The minimum atomic E-state index is -0.298. The van der Waals surface area contributed by atoms with Crippen molar-refractivity contribution in [3.05, 3.63) is 34.2 Å². The number of nitrogens with zero attached hydrogens (tertiary/aromatic N) is 2. The van der Waals surface area contributed by atoms with E-state index in [2.05, 4.69) is 22.2 Å². The second kappa shape index (κ2) is 6.86. The SMILES string of the molecule is COC(=O)c1c(Nc2nc3c(OC)cccc3s2)sc2c1CCN(C)C2. The van der Waals surface area contributed by atoms with Gasteiger partial charge in [-0.1, -0.05) is 17.4 Å². The van der Waals surface area contributed by atoms with Crippen LogP contribution < -0.4 is 10.1 Å². The van der Waals surface area contributed by atoms with Crippen molar-refractivity contribution in [3.63, 3.8) is 0 Å². The molecule has 0 spiro atoms.